The molecule has 0 saturated heterocycles. The maximum Gasteiger partial charge on any atom is 0.460 e. The monoisotopic (exact) mass is 508 g/mol. The van der Waals surface area contributed by atoms with Gasteiger partial charge in [0.25, 0.3) is 0 Å². The van der Waals surface area contributed by atoms with Crippen LogP contribution >= 0.6 is 0 Å². The zero-order valence-electron chi connectivity index (χ0n) is 13.9. The van der Waals surface area contributed by atoms with Gasteiger partial charge in [-0.2, -0.15) is 62.2 Å². The Hall–Kier alpha value is -2.50. The normalized spacial score (nSPS) is 15.0. The third kappa shape index (κ3) is 2.91. The van der Waals surface area contributed by atoms with Gasteiger partial charge in [0.05, 0.1) is 5.39 Å². The molecule has 0 atom stereocenters. The highest BCUT2D eigenvalue weighted by molar-refractivity contribution is 5.83. The van der Waals surface area contributed by atoms with E-state index in [1.165, 1.54) is 0 Å². The third-order valence-electron chi connectivity index (χ3n) is 4.02. The number of benzene rings is 1. The fraction of sp³-hybridized carbons (Fsp3) is 0.462. The molecule has 0 aliphatic rings. The van der Waals surface area contributed by atoms with Crippen LogP contribution in [0, 0.1) is 23.3 Å². The first-order valence-corrected chi connectivity index (χ1v) is 7.16. The second kappa shape index (κ2) is 6.75. The summed E-state index contributed by atoms with van der Waals surface area (Å²) in [5.74, 6) is -50.9. The summed E-state index contributed by atoms with van der Waals surface area (Å²) >= 11 is 0. The van der Waals surface area contributed by atoms with Gasteiger partial charge >= 0.3 is 35.8 Å². The lowest BCUT2D eigenvalue weighted by Gasteiger charge is -2.39. The van der Waals surface area contributed by atoms with Crippen molar-refractivity contribution in [1.29, 1.82) is 0 Å². The molecule has 0 aliphatic carbocycles. The summed E-state index contributed by atoms with van der Waals surface area (Å²) in [5, 5.41) is 0.232. The fourth-order valence-corrected chi connectivity index (χ4v) is 2.27. The molecule has 2 rings (SSSR count). The number of aromatic nitrogens is 2. The average molecular weight is 508 g/mol. The van der Waals surface area contributed by atoms with Crippen molar-refractivity contribution in [2.45, 2.75) is 35.8 Å². The minimum absolute atomic E-state index is 0.507. The molecule has 2 nitrogen and oxygen atoms in total. The Morgan fingerprint density at radius 3 is 1.34 bits per heavy atom. The average Bonchev–Trinajstić information content (AvgIpc) is 3.09. The topological polar surface area (TPSA) is 28.7 Å². The van der Waals surface area contributed by atoms with Gasteiger partial charge in [-0.05, 0) is 0 Å². The van der Waals surface area contributed by atoms with Crippen LogP contribution in [0.25, 0.3) is 10.9 Å². The number of halogens is 17. The van der Waals surface area contributed by atoms with E-state index in [0.29, 0.717) is 5.10 Å². The molecule has 0 fully saturated rings. The predicted molar refractivity (Wildman–Crippen MR) is 65.7 cm³/mol. The van der Waals surface area contributed by atoms with Crippen LogP contribution in [-0.2, 0) is 5.92 Å². The highest BCUT2D eigenvalue weighted by Gasteiger charge is 2.91. The van der Waals surface area contributed by atoms with Gasteiger partial charge in [-0.15, -0.1) is 0 Å². The van der Waals surface area contributed by atoms with Crippen molar-refractivity contribution >= 4 is 10.9 Å². The van der Waals surface area contributed by atoms with Crippen LogP contribution in [0.3, 0.4) is 0 Å². The predicted octanol–water partition coefficient (Wildman–Crippen LogP) is 6.31. The maximum absolute atomic E-state index is 14.1. The largest absolute Gasteiger partial charge is 0.460 e. The van der Waals surface area contributed by atoms with E-state index in [4.69, 9.17) is 0 Å². The van der Waals surface area contributed by atoms with E-state index in [-0.39, 0.29) is 0 Å². The van der Waals surface area contributed by atoms with Crippen LogP contribution in [0.2, 0.25) is 0 Å². The molecule has 1 heterocycles. The van der Waals surface area contributed by atoms with E-state index in [9.17, 15) is 74.6 Å². The molecular weight excluding hydrogens is 507 g/mol. The summed E-state index contributed by atoms with van der Waals surface area (Å²) in [6.07, 6.45) is -7.65. The van der Waals surface area contributed by atoms with Crippen molar-refractivity contribution in [1.82, 2.24) is 10.2 Å². The van der Waals surface area contributed by atoms with Gasteiger partial charge in [0, 0.05) is 0 Å². The Labute approximate surface area is 162 Å². The number of alkyl halides is 13. The van der Waals surface area contributed by atoms with Crippen molar-refractivity contribution in [3.8, 4) is 0 Å². The first-order chi connectivity index (χ1) is 14.0. The molecule has 182 valence electrons. The molecule has 1 N–H and O–H groups in total. The van der Waals surface area contributed by atoms with E-state index >= 15 is 0 Å². The first kappa shape index (κ1) is 25.8. The van der Waals surface area contributed by atoms with E-state index in [0.717, 1.165) is 0 Å². The second-order valence-electron chi connectivity index (χ2n) is 5.95. The van der Waals surface area contributed by atoms with Gasteiger partial charge in [-0.25, -0.2) is 17.6 Å². The summed E-state index contributed by atoms with van der Waals surface area (Å²) in [6, 6.07) is 0. The minimum atomic E-state index is -8.25. The van der Waals surface area contributed by atoms with E-state index in [1.54, 1.807) is 0 Å². The van der Waals surface area contributed by atoms with Gasteiger partial charge in [-0.1, -0.05) is 0 Å². The van der Waals surface area contributed by atoms with Crippen molar-refractivity contribution in [3.05, 3.63) is 29.0 Å². The number of hydrogen-bond donors (Lipinski definition) is 1. The molecule has 0 spiro atoms. The number of H-pyrrole nitrogens is 1. The summed E-state index contributed by atoms with van der Waals surface area (Å²) in [7, 11) is 0. The van der Waals surface area contributed by atoms with Crippen molar-refractivity contribution in [2.24, 2.45) is 0 Å². The van der Waals surface area contributed by atoms with Gasteiger partial charge in [-0.3, -0.25) is 5.10 Å². The molecule has 0 aliphatic heterocycles. The van der Waals surface area contributed by atoms with Crippen LogP contribution in [-0.4, -0.2) is 40.1 Å². The lowest BCUT2D eigenvalue weighted by atomic mass is 9.91. The number of rotatable bonds is 5. The lowest BCUT2D eigenvalue weighted by molar-refractivity contribution is -0.441. The van der Waals surface area contributed by atoms with E-state index < -0.39 is 75.7 Å². The number of aromatic amines is 1. The molecule has 0 amide bonds. The number of nitrogens with one attached hydrogen (secondary N) is 1. The van der Waals surface area contributed by atoms with Crippen molar-refractivity contribution < 1.29 is 74.6 Å². The van der Waals surface area contributed by atoms with Crippen LogP contribution in [0.1, 0.15) is 5.69 Å². The van der Waals surface area contributed by atoms with E-state index in [1.807, 2.05) is 0 Å². The molecule has 32 heavy (non-hydrogen) atoms. The van der Waals surface area contributed by atoms with Crippen molar-refractivity contribution in [2.75, 3.05) is 0 Å². The van der Waals surface area contributed by atoms with Crippen LogP contribution < -0.4 is 0 Å². The Kier molecular flexibility index (Phi) is 5.43. The maximum atomic E-state index is 14.1. The summed E-state index contributed by atoms with van der Waals surface area (Å²) in [6.45, 7) is 0. The highest BCUT2D eigenvalue weighted by Crippen LogP contribution is 2.62. The third-order valence-corrected chi connectivity index (χ3v) is 4.02. The number of fused-ring (bicyclic) bond motifs is 1. The van der Waals surface area contributed by atoms with Gasteiger partial charge in [0.1, 0.15) is 11.2 Å². The quantitative estimate of drug-likeness (QED) is 0.286. The van der Waals surface area contributed by atoms with Crippen molar-refractivity contribution in [3.63, 3.8) is 0 Å². The Balaban J connectivity index is 2.81. The molecule has 19 heteroatoms. The Bertz CT molecular complexity index is 1050. The smallest absolute Gasteiger partial charge is 0.275 e. The standard InChI is InChI=1S/C13HF17N2/c14-2-1-6(5(17)4(16)3(2)15)31-32-7(1)8(18,19)9(20,21)10(22,23)11(24,25)12(26,27)13(28,29)30/h(H,31,32). The Morgan fingerprint density at radius 1 is 0.500 bits per heavy atom. The van der Waals surface area contributed by atoms with Crippen LogP contribution in [0.4, 0.5) is 74.6 Å². The molecular formula is C13HF17N2. The molecule has 0 bridgehead atoms. The summed E-state index contributed by atoms with van der Waals surface area (Å²) in [5.41, 5.74) is -5.26. The van der Waals surface area contributed by atoms with Gasteiger partial charge in [0.15, 0.2) is 23.3 Å². The molecule has 2 aromatic rings. The Morgan fingerprint density at radius 2 is 0.906 bits per heavy atom. The fourth-order valence-electron chi connectivity index (χ4n) is 2.27. The number of hydrogen-bond acceptors (Lipinski definition) is 1. The van der Waals surface area contributed by atoms with Gasteiger partial charge in [0.2, 0.25) is 0 Å². The minimum Gasteiger partial charge on any atom is -0.275 e. The summed E-state index contributed by atoms with van der Waals surface area (Å²) < 4.78 is 224. The molecule has 1 aromatic carbocycles. The number of nitrogens with zero attached hydrogens (tertiary/aromatic N) is 1. The van der Waals surface area contributed by atoms with Crippen LogP contribution in [0.5, 0.6) is 0 Å². The molecule has 0 saturated carbocycles. The van der Waals surface area contributed by atoms with Crippen LogP contribution in [0.15, 0.2) is 0 Å². The summed E-state index contributed by atoms with van der Waals surface area (Å²) in [4.78, 5) is 0. The molecule has 1 aromatic heterocycles. The lowest BCUT2D eigenvalue weighted by Crippen LogP contribution is -2.69. The molecule has 0 radical (unpaired) electrons. The molecule has 0 unspecified atom stereocenters. The van der Waals surface area contributed by atoms with E-state index in [2.05, 4.69) is 5.10 Å². The zero-order valence-corrected chi connectivity index (χ0v) is 13.9. The second-order valence-corrected chi connectivity index (χ2v) is 5.95. The van der Waals surface area contributed by atoms with Gasteiger partial charge < -0.3 is 0 Å². The first-order valence-electron chi connectivity index (χ1n) is 7.16. The zero-order chi connectivity index (χ0) is 25.5. The highest BCUT2D eigenvalue weighted by atomic mass is 19.4. The SMILES string of the molecule is Fc1c(F)c(F)c2c(C(F)(F)C(F)(F)C(F)(F)C(F)(F)C(F)(F)C(F)(F)F)[nH]nc2c1F.